The summed E-state index contributed by atoms with van der Waals surface area (Å²) in [7, 11) is 0. The molecule has 2 rings (SSSR count). The molecule has 1 aliphatic rings. The predicted molar refractivity (Wildman–Crippen MR) is 51.2 cm³/mol. The van der Waals surface area contributed by atoms with Gasteiger partial charge in [0.2, 0.25) is 0 Å². The van der Waals surface area contributed by atoms with E-state index in [1.165, 1.54) is 16.7 Å². The minimum Gasteiger partial charge on any atom is -0.327 e. The fourth-order valence-electron chi connectivity index (χ4n) is 1.91. The standard InChI is InChI=1S/C11H15N/c1-8-2-3-10-7-11(12)5-4-9(10)6-8/h2-3,6,11H,4-5,7,12H2,1H3/t11-/m0/s1. The van der Waals surface area contributed by atoms with Gasteiger partial charge in [-0.2, -0.15) is 0 Å². The Hall–Kier alpha value is -0.820. The van der Waals surface area contributed by atoms with Crippen molar-refractivity contribution < 1.29 is 0 Å². The summed E-state index contributed by atoms with van der Waals surface area (Å²) in [6.07, 6.45) is 3.38. The Labute approximate surface area is 73.6 Å². The SMILES string of the molecule is Cc1ccc2c(c1)CC[C@H](N)C2. The maximum atomic E-state index is 5.89. The van der Waals surface area contributed by atoms with Gasteiger partial charge in [-0.15, -0.1) is 0 Å². The predicted octanol–water partition coefficient (Wildman–Crippen LogP) is 1.81. The molecule has 1 aromatic carbocycles. The molecule has 2 N–H and O–H groups in total. The number of nitrogens with two attached hydrogens (primary N) is 1. The van der Waals surface area contributed by atoms with Crippen LogP contribution in [0, 0.1) is 6.92 Å². The average Bonchev–Trinajstić information content (AvgIpc) is 2.05. The molecule has 0 amide bonds. The van der Waals surface area contributed by atoms with Gasteiger partial charge < -0.3 is 5.73 Å². The summed E-state index contributed by atoms with van der Waals surface area (Å²) in [5.41, 5.74) is 10.2. The molecule has 1 heteroatoms. The number of rotatable bonds is 0. The average molecular weight is 161 g/mol. The molecule has 0 fully saturated rings. The van der Waals surface area contributed by atoms with Gasteiger partial charge in [0.25, 0.3) is 0 Å². The number of hydrogen-bond acceptors (Lipinski definition) is 1. The first-order chi connectivity index (χ1) is 5.75. The highest BCUT2D eigenvalue weighted by molar-refractivity contribution is 5.34. The molecule has 0 saturated heterocycles. The second-order valence-electron chi connectivity index (χ2n) is 3.78. The van der Waals surface area contributed by atoms with Gasteiger partial charge in [-0.05, 0) is 37.3 Å². The third kappa shape index (κ3) is 1.37. The van der Waals surface area contributed by atoms with E-state index in [9.17, 15) is 0 Å². The third-order valence-corrected chi connectivity index (χ3v) is 2.63. The van der Waals surface area contributed by atoms with E-state index in [4.69, 9.17) is 5.73 Å². The number of hydrogen-bond donors (Lipinski definition) is 1. The Morgan fingerprint density at radius 1 is 1.33 bits per heavy atom. The maximum absolute atomic E-state index is 5.89. The lowest BCUT2D eigenvalue weighted by Crippen LogP contribution is -2.27. The fourth-order valence-corrected chi connectivity index (χ4v) is 1.91. The summed E-state index contributed by atoms with van der Waals surface area (Å²) >= 11 is 0. The molecule has 12 heavy (non-hydrogen) atoms. The van der Waals surface area contributed by atoms with Crippen LogP contribution in [-0.2, 0) is 12.8 Å². The second-order valence-corrected chi connectivity index (χ2v) is 3.78. The van der Waals surface area contributed by atoms with Gasteiger partial charge in [0.15, 0.2) is 0 Å². The number of benzene rings is 1. The topological polar surface area (TPSA) is 26.0 Å². The van der Waals surface area contributed by atoms with Gasteiger partial charge in [0.1, 0.15) is 0 Å². The Morgan fingerprint density at radius 2 is 2.17 bits per heavy atom. The number of fused-ring (bicyclic) bond motifs is 1. The molecule has 1 nitrogen and oxygen atoms in total. The van der Waals surface area contributed by atoms with Crippen molar-refractivity contribution in [1.29, 1.82) is 0 Å². The van der Waals surface area contributed by atoms with Crippen molar-refractivity contribution in [3.63, 3.8) is 0 Å². The minimum absolute atomic E-state index is 0.389. The molecule has 1 atom stereocenters. The van der Waals surface area contributed by atoms with Gasteiger partial charge in [0.05, 0.1) is 0 Å². The van der Waals surface area contributed by atoms with Crippen LogP contribution in [0.25, 0.3) is 0 Å². The van der Waals surface area contributed by atoms with E-state index in [0.29, 0.717) is 6.04 Å². The molecule has 0 aromatic heterocycles. The fraction of sp³-hybridized carbons (Fsp3) is 0.455. The van der Waals surface area contributed by atoms with Crippen LogP contribution in [0.4, 0.5) is 0 Å². The third-order valence-electron chi connectivity index (χ3n) is 2.63. The molecular weight excluding hydrogens is 146 g/mol. The van der Waals surface area contributed by atoms with Gasteiger partial charge >= 0.3 is 0 Å². The largest absolute Gasteiger partial charge is 0.327 e. The van der Waals surface area contributed by atoms with Gasteiger partial charge in [-0.1, -0.05) is 23.8 Å². The van der Waals surface area contributed by atoms with Gasteiger partial charge in [-0.3, -0.25) is 0 Å². The van der Waals surface area contributed by atoms with Crippen LogP contribution in [-0.4, -0.2) is 6.04 Å². The highest BCUT2D eigenvalue weighted by Gasteiger charge is 2.14. The van der Waals surface area contributed by atoms with E-state index in [2.05, 4.69) is 25.1 Å². The summed E-state index contributed by atoms with van der Waals surface area (Å²) < 4.78 is 0. The van der Waals surface area contributed by atoms with Crippen LogP contribution in [0.1, 0.15) is 23.1 Å². The van der Waals surface area contributed by atoms with Crippen molar-refractivity contribution in [3.8, 4) is 0 Å². The molecule has 1 aliphatic carbocycles. The van der Waals surface area contributed by atoms with Crippen molar-refractivity contribution in [2.75, 3.05) is 0 Å². The minimum atomic E-state index is 0.389. The van der Waals surface area contributed by atoms with Crippen LogP contribution >= 0.6 is 0 Å². The zero-order valence-electron chi connectivity index (χ0n) is 7.51. The zero-order valence-corrected chi connectivity index (χ0v) is 7.51. The van der Waals surface area contributed by atoms with E-state index >= 15 is 0 Å². The summed E-state index contributed by atoms with van der Waals surface area (Å²) in [4.78, 5) is 0. The first kappa shape index (κ1) is 7.81. The molecular formula is C11H15N. The zero-order chi connectivity index (χ0) is 8.55. The normalized spacial score (nSPS) is 22.0. The lowest BCUT2D eigenvalue weighted by molar-refractivity contribution is 0.576. The summed E-state index contributed by atoms with van der Waals surface area (Å²) in [5.74, 6) is 0. The van der Waals surface area contributed by atoms with Crippen LogP contribution in [0.15, 0.2) is 18.2 Å². The Bertz CT molecular complexity index is 291. The van der Waals surface area contributed by atoms with E-state index in [1.807, 2.05) is 0 Å². The van der Waals surface area contributed by atoms with E-state index in [0.717, 1.165) is 19.3 Å². The van der Waals surface area contributed by atoms with Crippen molar-refractivity contribution in [1.82, 2.24) is 0 Å². The molecule has 1 aromatic rings. The van der Waals surface area contributed by atoms with Crippen LogP contribution < -0.4 is 5.73 Å². The summed E-state index contributed by atoms with van der Waals surface area (Å²) in [6.45, 7) is 2.15. The van der Waals surface area contributed by atoms with Crippen LogP contribution in [0.3, 0.4) is 0 Å². The highest BCUT2D eigenvalue weighted by atomic mass is 14.6. The molecule has 0 heterocycles. The first-order valence-electron chi connectivity index (χ1n) is 4.59. The lowest BCUT2D eigenvalue weighted by Gasteiger charge is -2.21. The molecule has 0 bridgehead atoms. The molecule has 0 unspecified atom stereocenters. The van der Waals surface area contributed by atoms with Crippen molar-refractivity contribution in [2.45, 2.75) is 32.2 Å². The summed E-state index contributed by atoms with van der Waals surface area (Å²) in [6, 6.07) is 7.09. The van der Waals surface area contributed by atoms with Crippen molar-refractivity contribution >= 4 is 0 Å². The van der Waals surface area contributed by atoms with Gasteiger partial charge in [-0.25, -0.2) is 0 Å². The molecule has 0 radical (unpaired) electrons. The smallest absolute Gasteiger partial charge is 0.00825 e. The molecule has 0 saturated carbocycles. The number of aryl methyl sites for hydroxylation is 2. The monoisotopic (exact) mass is 161 g/mol. The first-order valence-corrected chi connectivity index (χ1v) is 4.59. The van der Waals surface area contributed by atoms with Crippen LogP contribution in [0.2, 0.25) is 0 Å². The quantitative estimate of drug-likeness (QED) is 0.617. The Morgan fingerprint density at radius 3 is 3.00 bits per heavy atom. The van der Waals surface area contributed by atoms with E-state index < -0.39 is 0 Å². The highest BCUT2D eigenvalue weighted by Crippen LogP contribution is 2.21. The van der Waals surface area contributed by atoms with Crippen LogP contribution in [0.5, 0.6) is 0 Å². The van der Waals surface area contributed by atoms with Crippen molar-refractivity contribution in [2.24, 2.45) is 5.73 Å². The summed E-state index contributed by atoms with van der Waals surface area (Å²) in [5, 5.41) is 0. The second kappa shape index (κ2) is 2.91. The van der Waals surface area contributed by atoms with Crippen molar-refractivity contribution in [3.05, 3.63) is 34.9 Å². The molecule has 64 valence electrons. The Balaban J connectivity index is 2.37. The van der Waals surface area contributed by atoms with E-state index in [1.54, 1.807) is 0 Å². The molecule has 0 spiro atoms. The molecule has 0 aliphatic heterocycles. The lowest BCUT2D eigenvalue weighted by atomic mass is 9.88. The maximum Gasteiger partial charge on any atom is 0.00825 e. The van der Waals surface area contributed by atoms with E-state index in [-0.39, 0.29) is 0 Å². The Kier molecular flexibility index (Phi) is 1.89. The van der Waals surface area contributed by atoms with Gasteiger partial charge in [0, 0.05) is 6.04 Å².